The highest BCUT2D eigenvalue weighted by molar-refractivity contribution is 5.20. The van der Waals surface area contributed by atoms with Gasteiger partial charge in [0.25, 0.3) is 0 Å². The van der Waals surface area contributed by atoms with Crippen LogP contribution in [0.5, 0.6) is 0 Å². The molecule has 0 radical (unpaired) electrons. The molecule has 0 saturated heterocycles. The molecule has 0 aliphatic carbocycles. The molecule has 0 heterocycles. The smallest absolute Gasteiger partial charge is 0.370 e. The first-order valence-corrected chi connectivity index (χ1v) is 6.14. The van der Waals surface area contributed by atoms with Crippen LogP contribution in [0, 0.1) is 11.6 Å². The molecule has 0 aliphatic rings. The molecule has 0 saturated carbocycles. The molecule has 0 bridgehead atoms. The number of ether oxygens (including phenoxy) is 1. The second-order valence-corrected chi connectivity index (χ2v) is 4.30. The highest BCUT2D eigenvalue weighted by atomic mass is 19.4. The Balaban J connectivity index is 2.60. The predicted octanol–water partition coefficient (Wildman–Crippen LogP) is 3.06. The average Bonchev–Trinajstić information content (AvgIpc) is 2.33. The first kappa shape index (κ1) is 16.8. The zero-order valence-corrected chi connectivity index (χ0v) is 10.9. The lowest BCUT2D eigenvalue weighted by molar-refractivity contribution is -0.175. The molecule has 7 heteroatoms. The van der Waals surface area contributed by atoms with Crippen LogP contribution >= 0.6 is 0 Å². The summed E-state index contributed by atoms with van der Waals surface area (Å²) in [6, 6.07) is 3.22. The molecule has 2 nitrogen and oxygen atoms in total. The standard InChI is InChI=1S/C13H16F5NO/c1-2-19-10(7-20-8-13(16,17)18)6-9-4-3-5-11(14)12(9)15/h3-5,10,19H,2,6-8H2,1H3. The summed E-state index contributed by atoms with van der Waals surface area (Å²) >= 11 is 0. The molecule has 1 aromatic rings. The monoisotopic (exact) mass is 297 g/mol. The van der Waals surface area contributed by atoms with Crippen molar-refractivity contribution in [3.8, 4) is 0 Å². The molecule has 0 amide bonds. The number of benzene rings is 1. The normalized spacial score (nSPS) is 13.5. The number of alkyl halides is 3. The summed E-state index contributed by atoms with van der Waals surface area (Å²) in [5.74, 6) is -1.96. The lowest BCUT2D eigenvalue weighted by Gasteiger charge is -2.19. The van der Waals surface area contributed by atoms with Gasteiger partial charge in [0, 0.05) is 6.04 Å². The molecule has 1 unspecified atom stereocenters. The molecule has 0 fully saturated rings. The van der Waals surface area contributed by atoms with Gasteiger partial charge in [-0.25, -0.2) is 8.78 Å². The molecule has 20 heavy (non-hydrogen) atoms. The maximum absolute atomic E-state index is 13.5. The number of likely N-dealkylation sites (N-methyl/N-ethyl adjacent to an activating group) is 1. The van der Waals surface area contributed by atoms with E-state index in [1.807, 2.05) is 0 Å². The van der Waals surface area contributed by atoms with Crippen molar-refractivity contribution < 1.29 is 26.7 Å². The van der Waals surface area contributed by atoms with Crippen LogP contribution in [0.1, 0.15) is 12.5 Å². The number of rotatable bonds is 7. The Bertz CT molecular complexity index is 422. The third kappa shape index (κ3) is 5.83. The second-order valence-electron chi connectivity index (χ2n) is 4.30. The Hall–Kier alpha value is -1.21. The van der Waals surface area contributed by atoms with E-state index in [-0.39, 0.29) is 18.6 Å². The minimum absolute atomic E-state index is 0.0509. The molecular formula is C13H16F5NO. The van der Waals surface area contributed by atoms with E-state index in [1.54, 1.807) is 6.92 Å². The molecule has 0 aromatic heterocycles. The van der Waals surface area contributed by atoms with Crippen LogP contribution in [0.4, 0.5) is 22.0 Å². The first-order chi connectivity index (χ1) is 9.33. The zero-order chi connectivity index (χ0) is 15.2. The number of hydrogen-bond acceptors (Lipinski definition) is 2. The molecule has 114 valence electrons. The summed E-state index contributed by atoms with van der Waals surface area (Å²) in [5, 5.41) is 2.88. The summed E-state index contributed by atoms with van der Waals surface area (Å²) in [7, 11) is 0. The number of halogens is 5. The predicted molar refractivity (Wildman–Crippen MR) is 64.4 cm³/mol. The number of nitrogens with one attached hydrogen (secondary N) is 1. The zero-order valence-electron chi connectivity index (χ0n) is 10.9. The molecule has 1 N–H and O–H groups in total. The second kappa shape index (κ2) is 7.54. The molecule has 1 atom stereocenters. The Morgan fingerprint density at radius 3 is 2.55 bits per heavy atom. The van der Waals surface area contributed by atoms with Crippen LogP contribution in [0.2, 0.25) is 0 Å². The van der Waals surface area contributed by atoms with Gasteiger partial charge in [0.15, 0.2) is 11.6 Å². The van der Waals surface area contributed by atoms with Gasteiger partial charge in [-0.05, 0) is 24.6 Å². The van der Waals surface area contributed by atoms with E-state index in [2.05, 4.69) is 10.1 Å². The van der Waals surface area contributed by atoms with Crippen molar-refractivity contribution in [2.75, 3.05) is 19.8 Å². The maximum atomic E-state index is 13.5. The Morgan fingerprint density at radius 2 is 1.95 bits per heavy atom. The van der Waals surface area contributed by atoms with Gasteiger partial charge < -0.3 is 10.1 Å². The molecule has 1 aromatic carbocycles. The summed E-state index contributed by atoms with van der Waals surface area (Å²) < 4.78 is 67.0. The average molecular weight is 297 g/mol. The summed E-state index contributed by atoms with van der Waals surface area (Å²) in [5.41, 5.74) is 0.103. The van der Waals surface area contributed by atoms with Crippen LogP contribution in [0.3, 0.4) is 0 Å². The van der Waals surface area contributed by atoms with Crippen molar-refractivity contribution >= 4 is 0 Å². The Morgan fingerprint density at radius 1 is 1.25 bits per heavy atom. The van der Waals surface area contributed by atoms with Crippen molar-refractivity contribution in [3.63, 3.8) is 0 Å². The van der Waals surface area contributed by atoms with Crippen molar-refractivity contribution in [2.24, 2.45) is 0 Å². The molecular weight excluding hydrogens is 281 g/mol. The van der Waals surface area contributed by atoms with Gasteiger partial charge in [-0.3, -0.25) is 0 Å². The minimum atomic E-state index is -4.40. The van der Waals surface area contributed by atoms with Crippen LogP contribution < -0.4 is 5.32 Å². The lowest BCUT2D eigenvalue weighted by Crippen LogP contribution is -2.36. The van der Waals surface area contributed by atoms with E-state index in [0.29, 0.717) is 6.54 Å². The fourth-order valence-corrected chi connectivity index (χ4v) is 1.77. The quantitative estimate of drug-likeness (QED) is 0.781. The minimum Gasteiger partial charge on any atom is -0.370 e. The Labute approximate surface area is 113 Å². The van der Waals surface area contributed by atoms with E-state index in [9.17, 15) is 22.0 Å². The lowest BCUT2D eigenvalue weighted by atomic mass is 10.1. The van der Waals surface area contributed by atoms with Crippen molar-refractivity contribution in [1.82, 2.24) is 5.32 Å². The maximum Gasteiger partial charge on any atom is 0.411 e. The SMILES string of the molecule is CCNC(COCC(F)(F)F)Cc1cccc(F)c1F. The van der Waals surface area contributed by atoms with Gasteiger partial charge in [-0.2, -0.15) is 13.2 Å². The summed E-state index contributed by atoms with van der Waals surface area (Å²) in [6.45, 7) is 0.652. The molecule has 0 spiro atoms. The van der Waals surface area contributed by atoms with Crippen LogP contribution in [0.15, 0.2) is 18.2 Å². The van der Waals surface area contributed by atoms with Crippen molar-refractivity contribution in [2.45, 2.75) is 25.6 Å². The van der Waals surface area contributed by atoms with Gasteiger partial charge in [0.05, 0.1) is 6.61 Å². The van der Waals surface area contributed by atoms with E-state index in [4.69, 9.17) is 0 Å². The molecule has 1 rings (SSSR count). The van der Waals surface area contributed by atoms with Crippen molar-refractivity contribution in [3.05, 3.63) is 35.4 Å². The highest BCUT2D eigenvalue weighted by Gasteiger charge is 2.28. The topological polar surface area (TPSA) is 21.3 Å². The fraction of sp³-hybridized carbons (Fsp3) is 0.538. The Kier molecular flexibility index (Phi) is 6.35. The van der Waals surface area contributed by atoms with Gasteiger partial charge in [0.1, 0.15) is 6.61 Å². The summed E-state index contributed by atoms with van der Waals surface area (Å²) in [4.78, 5) is 0. The van der Waals surface area contributed by atoms with Crippen molar-refractivity contribution in [1.29, 1.82) is 0 Å². The highest BCUT2D eigenvalue weighted by Crippen LogP contribution is 2.16. The fourth-order valence-electron chi connectivity index (χ4n) is 1.77. The van der Waals surface area contributed by atoms with Crippen LogP contribution in [-0.2, 0) is 11.2 Å². The van der Waals surface area contributed by atoms with E-state index in [1.165, 1.54) is 12.1 Å². The van der Waals surface area contributed by atoms with Crippen LogP contribution in [-0.4, -0.2) is 32.0 Å². The van der Waals surface area contributed by atoms with Gasteiger partial charge in [0.2, 0.25) is 0 Å². The number of hydrogen-bond donors (Lipinski definition) is 1. The third-order valence-electron chi connectivity index (χ3n) is 2.58. The first-order valence-electron chi connectivity index (χ1n) is 6.14. The van der Waals surface area contributed by atoms with Gasteiger partial charge >= 0.3 is 6.18 Å². The van der Waals surface area contributed by atoms with E-state index in [0.717, 1.165) is 6.07 Å². The third-order valence-corrected chi connectivity index (χ3v) is 2.58. The molecule has 0 aliphatic heterocycles. The van der Waals surface area contributed by atoms with E-state index < -0.39 is 30.5 Å². The van der Waals surface area contributed by atoms with Gasteiger partial charge in [-0.15, -0.1) is 0 Å². The van der Waals surface area contributed by atoms with Crippen LogP contribution in [0.25, 0.3) is 0 Å². The summed E-state index contributed by atoms with van der Waals surface area (Å²) in [6.07, 6.45) is -4.35. The van der Waals surface area contributed by atoms with Gasteiger partial charge in [-0.1, -0.05) is 19.1 Å². The van der Waals surface area contributed by atoms with E-state index >= 15 is 0 Å². The largest absolute Gasteiger partial charge is 0.411 e.